The summed E-state index contributed by atoms with van der Waals surface area (Å²) in [5, 5.41) is 0. The Hall–Kier alpha value is -3.41. The van der Waals surface area contributed by atoms with Gasteiger partial charge in [0.2, 0.25) is 0 Å². The number of benzene rings is 2. The molecule has 4 aromatic rings. The third-order valence-corrected chi connectivity index (χ3v) is 4.75. The Morgan fingerprint density at radius 1 is 1.07 bits per heavy atom. The van der Waals surface area contributed by atoms with E-state index in [1.54, 1.807) is 10.8 Å². The molecule has 0 aliphatic heterocycles. The second kappa shape index (κ2) is 6.72. The van der Waals surface area contributed by atoms with E-state index in [0.717, 1.165) is 22.5 Å². The normalized spacial score (nSPS) is 12.3. The highest BCUT2D eigenvalue weighted by Gasteiger charge is 2.17. The van der Waals surface area contributed by atoms with Gasteiger partial charge < -0.3 is 4.90 Å². The summed E-state index contributed by atoms with van der Waals surface area (Å²) in [5.74, 6) is 0. The van der Waals surface area contributed by atoms with Crippen molar-refractivity contribution in [1.82, 2.24) is 19.5 Å². The third kappa shape index (κ3) is 3.10. The molecule has 0 saturated heterocycles. The molecule has 1 N–H and O–H groups in total. The first-order valence-corrected chi connectivity index (χ1v) is 8.84. The Morgan fingerprint density at radius 2 is 1.85 bits per heavy atom. The van der Waals surface area contributed by atoms with Crippen molar-refractivity contribution >= 4 is 17.0 Å². The average molecular weight is 359 g/mol. The molecule has 0 radical (unpaired) electrons. The van der Waals surface area contributed by atoms with Crippen LogP contribution in [0, 0.1) is 0 Å². The topological polar surface area (TPSA) is 66.8 Å². The van der Waals surface area contributed by atoms with Gasteiger partial charge in [-0.25, -0.2) is 14.8 Å². The molecule has 2 heterocycles. The minimum atomic E-state index is -0.208. The van der Waals surface area contributed by atoms with E-state index in [-0.39, 0.29) is 11.7 Å². The van der Waals surface area contributed by atoms with Crippen LogP contribution in [0.1, 0.15) is 18.5 Å². The van der Waals surface area contributed by atoms with E-state index < -0.39 is 0 Å². The summed E-state index contributed by atoms with van der Waals surface area (Å²) in [7, 11) is 4.00. The van der Waals surface area contributed by atoms with Gasteiger partial charge in [0.1, 0.15) is 0 Å². The smallest absolute Gasteiger partial charge is 0.329 e. The predicted octanol–water partition coefficient (Wildman–Crippen LogP) is 3.46. The minimum Gasteiger partial charge on any atom is -0.378 e. The van der Waals surface area contributed by atoms with E-state index in [4.69, 9.17) is 4.98 Å². The number of nitrogens with zero attached hydrogens (tertiary/aromatic N) is 4. The van der Waals surface area contributed by atoms with Crippen LogP contribution in [-0.4, -0.2) is 33.6 Å². The molecule has 0 amide bonds. The van der Waals surface area contributed by atoms with Crippen LogP contribution in [-0.2, 0) is 0 Å². The number of imidazole rings is 1. The summed E-state index contributed by atoms with van der Waals surface area (Å²) in [6.45, 7) is 1.99. The Morgan fingerprint density at radius 3 is 2.59 bits per heavy atom. The molecule has 4 rings (SSSR count). The highest BCUT2D eigenvalue weighted by Crippen LogP contribution is 2.24. The predicted molar refractivity (Wildman–Crippen MR) is 108 cm³/mol. The summed E-state index contributed by atoms with van der Waals surface area (Å²) in [6.07, 6.45) is 1.70. The molecule has 27 heavy (non-hydrogen) atoms. The maximum absolute atomic E-state index is 12.6. The monoisotopic (exact) mass is 359 g/mol. The SMILES string of the molecule is C[C@H](c1ccccc1)n1c(=O)[nH]c2ncc(-c3cccc(N(C)C)c3)nc21. The zero-order chi connectivity index (χ0) is 19.0. The summed E-state index contributed by atoms with van der Waals surface area (Å²) < 4.78 is 1.66. The molecule has 2 aromatic heterocycles. The second-order valence-corrected chi connectivity index (χ2v) is 6.76. The number of nitrogens with one attached hydrogen (secondary N) is 1. The van der Waals surface area contributed by atoms with E-state index in [0.29, 0.717) is 11.3 Å². The second-order valence-electron chi connectivity index (χ2n) is 6.76. The molecule has 0 spiro atoms. The van der Waals surface area contributed by atoms with Gasteiger partial charge in [0.15, 0.2) is 11.3 Å². The van der Waals surface area contributed by atoms with E-state index >= 15 is 0 Å². The van der Waals surface area contributed by atoms with Gasteiger partial charge in [-0.15, -0.1) is 0 Å². The first-order valence-electron chi connectivity index (χ1n) is 8.84. The fraction of sp³-hybridized carbons (Fsp3) is 0.190. The molecule has 6 nitrogen and oxygen atoms in total. The molecule has 1 atom stereocenters. The largest absolute Gasteiger partial charge is 0.378 e. The average Bonchev–Trinajstić information content (AvgIpc) is 3.03. The van der Waals surface area contributed by atoms with Crippen LogP contribution in [0.15, 0.2) is 65.6 Å². The molecule has 0 aliphatic rings. The van der Waals surface area contributed by atoms with Gasteiger partial charge in [-0.2, -0.15) is 0 Å². The zero-order valence-corrected chi connectivity index (χ0v) is 15.5. The van der Waals surface area contributed by atoms with Crippen LogP contribution < -0.4 is 10.6 Å². The lowest BCUT2D eigenvalue weighted by Crippen LogP contribution is -2.21. The van der Waals surface area contributed by atoms with Gasteiger partial charge in [-0.1, -0.05) is 42.5 Å². The first-order chi connectivity index (χ1) is 13.0. The van der Waals surface area contributed by atoms with Crippen LogP contribution in [0.3, 0.4) is 0 Å². The zero-order valence-electron chi connectivity index (χ0n) is 15.5. The minimum absolute atomic E-state index is 0.148. The number of H-pyrrole nitrogens is 1. The Balaban J connectivity index is 1.85. The molecule has 0 bridgehead atoms. The lowest BCUT2D eigenvalue weighted by atomic mass is 10.1. The molecule has 6 heteroatoms. The third-order valence-electron chi connectivity index (χ3n) is 4.75. The van der Waals surface area contributed by atoms with Crippen molar-refractivity contribution in [2.24, 2.45) is 0 Å². The molecule has 0 fully saturated rings. The van der Waals surface area contributed by atoms with E-state index in [2.05, 4.69) is 16.0 Å². The Bertz CT molecular complexity index is 1140. The van der Waals surface area contributed by atoms with Crippen molar-refractivity contribution in [3.05, 3.63) is 76.8 Å². The number of aromatic nitrogens is 4. The highest BCUT2D eigenvalue weighted by atomic mass is 16.1. The molecule has 0 unspecified atom stereocenters. The highest BCUT2D eigenvalue weighted by molar-refractivity contribution is 5.72. The van der Waals surface area contributed by atoms with Crippen molar-refractivity contribution < 1.29 is 0 Å². The van der Waals surface area contributed by atoms with Crippen molar-refractivity contribution in [3.63, 3.8) is 0 Å². The van der Waals surface area contributed by atoms with Crippen molar-refractivity contribution in [1.29, 1.82) is 0 Å². The molecule has 0 aliphatic carbocycles. The van der Waals surface area contributed by atoms with Crippen LogP contribution in [0.25, 0.3) is 22.6 Å². The summed E-state index contributed by atoms with van der Waals surface area (Å²) >= 11 is 0. The number of anilines is 1. The standard InChI is InChI=1S/C21H21N5O/c1-14(15-8-5-4-6-9-15)26-20-19(24-21(26)27)22-13-18(23-20)16-10-7-11-17(12-16)25(2)3/h4-14H,1-3H3,(H,22,24,27)/t14-/m1/s1. The van der Waals surface area contributed by atoms with Gasteiger partial charge in [0, 0.05) is 25.3 Å². The number of fused-ring (bicyclic) bond motifs is 1. The van der Waals surface area contributed by atoms with E-state index in [9.17, 15) is 4.79 Å². The number of hydrogen-bond donors (Lipinski definition) is 1. The van der Waals surface area contributed by atoms with Crippen molar-refractivity contribution in [3.8, 4) is 11.3 Å². The fourth-order valence-electron chi connectivity index (χ4n) is 3.22. The Kier molecular flexibility index (Phi) is 4.24. The molecule has 136 valence electrons. The molecule has 2 aromatic carbocycles. The number of rotatable bonds is 4. The van der Waals surface area contributed by atoms with Gasteiger partial charge in [-0.05, 0) is 24.6 Å². The summed E-state index contributed by atoms with van der Waals surface area (Å²) in [6, 6.07) is 17.9. The van der Waals surface area contributed by atoms with E-state index in [1.807, 2.05) is 74.4 Å². The quantitative estimate of drug-likeness (QED) is 0.606. The maximum Gasteiger partial charge on any atom is 0.329 e. The fourth-order valence-corrected chi connectivity index (χ4v) is 3.22. The number of hydrogen-bond acceptors (Lipinski definition) is 4. The van der Waals surface area contributed by atoms with E-state index in [1.165, 1.54) is 0 Å². The number of aromatic amines is 1. The molecular weight excluding hydrogens is 338 g/mol. The summed E-state index contributed by atoms with van der Waals surface area (Å²) in [4.78, 5) is 26.6. The van der Waals surface area contributed by atoms with Gasteiger partial charge in [0.05, 0.1) is 17.9 Å². The molecule has 0 saturated carbocycles. The van der Waals surface area contributed by atoms with Crippen LogP contribution >= 0.6 is 0 Å². The summed E-state index contributed by atoms with van der Waals surface area (Å²) in [5.41, 5.74) is 4.67. The van der Waals surface area contributed by atoms with Crippen LogP contribution in [0.5, 0.6) is 0 Å². The van der Waals surface area contributed by atoms with Crippen molar-refractivity contribution in [2.75, 3.05) is 19.0 Å². The lowest BCUT2D eigenvalue weighted by Gasteiger charge is -2.14. The van der Waals surface area contributed by atoms with Gasteiger partial charge in [0.25, 0.3) is 0 Å². The lowest BCUT2D eigenvalue weighted by molar-refractivity contribution is 0.631. The van der Waals surface area contributed by atoms with Crippen LogP contribution in [0.2, 0.25) is 0 Å². The van der Waals surface area contributed by atoms with Crippen molar-refractivity contribution in [2.45, 2.75) is 13.0 Å². The molecular formula is C21H21N5O. The van der Waals surface area contributed by atoms with Gasteiger partial charge in [-0.3, -0.25) is 9.55 Å². The Labute approximate surface area is 157 Å². The first kappa shape index (κ1) is 17.0. The van der Waals surface area contributed by atoms with Gasteiger partial charge >= 0.3 is 5.69 Å². The maximum atomic E-state index is 12.6. The van der Waals surface area contributed by atoms with Crippen LogP contribution in [0.4, 0.5) is 5.69 Å².